The number of hydrogen-bond acceptors (Lipinski definition) is 5. The third-order valence-corrected chi connectivity index (χ3v) is 7.94. The SMILES string of the molecule is C[C@@]1(c2ccccc2Cl)NC(=O)N(CC(=O)N2CCC[C@H](c3nc4ccccc4s3)C2)C1=O. The second-order valence-corrected chi connectivity index (χ2v) is 10.1. The van der Waals surface area contributed by atoms with Gasteiger partial charge in [0.2, 0.25) is 5.91 Å². The molecule has 1 aromatic heterocycles. The van der Waals surface area contributed by atoms with Crippen LogP contribution in [0.1, 0.15) is 36.3 Å². The van der Waals surface area contributed by atoms with Crippen molar-refractivity contribution in [2.24, 2.45) is 0 Å². The fraction of sp³-hybridized carbons (Fsp3) is 0.333. The van der Waals surface area contributed by atoms with Gasteiger partial charge in [0.15, 0.2) is 0 Å². The van der Waals surface area contributed by atoms with Crippen molar-refractivity contribution < 1.29 is 14.4 Å². The van der Waals surface area contributed by atoms with Gasteiger partial charge in [0.1, 0.15) is 12.1 Å². The zero-order valence-electron chi connectivity index (χ0n) is 18.1. The molecular weight excluding hydrogens is 460 g/mol. The van der Waals surface area contributed by atoms with Gasteiger partial charge < -0.3 is 10.2 Å². The van der Waals surface area contributed by atoms with E-state index in [9.17, 15) is 14.4 Å². The summed E-state index contributed by atoms with van der Waals surface area (Å²) in [5.74, 6) is -0.571. The van der Waals surface area contributed by atoms with Crippen LogP contribution in [0.2, 0.25) is 5.02 Å². The number of urea groups is 1. The number of carbonyl (C=O) groups is 3. The molecule has 2 fully saturated rings. The molecule has 0 aliphatic carbocycles. The number of imide groups is 1. The lowest BCUT2D eigenvalue weighted by molar-refractivity contribution is -0.139. The van der Waals surface area contributed by atoms with Crippen LogP contribution in [0.3, 0.4) is 0 Å². The Morgan fingerprint density at radius 2 is 1.97 bits per heavy atom. The van der Waals surface area contributed by atoms with Crippen molar-refractivity contribution in [2.75, 3.05) is 19.6 Å². The van der Waals surface area contributed by atoms with Crippen LogP contribution in [0.4, 0.5) is 4.79 Å². The summed E-state index contributed by atoms with van der Waals surface area (Å²) < 4.78 is 1.13. The number of carbonyl (C=O) groups excluding carboxylic acids is 3. The minimum atomic E-state index is -1.30. The lowest BCUT2D eigenvalue weighted by Crippen LogP contribution is -2.47. The Morgan fingerprint density at radius 1 is 1.21 bits per heavy atom. The van der Waals surface area contributed by atoms with Gasteiger partial charge in [-0.05, 0) is 38.0 Å². The lowest BCUT2D eigenvalue weighted by Gasteiger charge is -2.32. The van der Waals surface area contributed by atoms with E-state index in [2.05, 4.69) is 11.4 Å². The second kappa shape index (κ2) is 8.43. The molecule has 9 heteroatoms. The Hall–Kier alpha value is -2.97. The first kappa shape index (κ1) is 21.9. The first-order valence-electron chi connectivity index (χ1n) is 10.9. The Bertz CT molecular complexity index is 1230. The number of aromatic nitrogens is 1. The number of likely N-dealkylation sites (tertiary alicyclic amines) is 1. The Morgan fingerprint density at radius 3 is 2.76 bits per heavy atom. The van der Waals surface area contributed by atoms with Crippen molar-refractivity contribution in [3.8, 4) is 0 Å². The van der Waals surface area contributed by atoms with E-state index in [4.69, 9.17) is 16.6 Å². The van der Waals surface area contributed by atoms with Gasteiger partial charge in [-0.15, -0.1) is 11.3 Å². The number of rotatable bonds is 4. The van der Waals surface area contributed by atoms with Gasteiger partial charge in [0.05, 0.1) is 15.2 Å². The molecule has 33 heavy (non-hydrogen) atoms. The highest BCUT2D eigenvalue weighted by molar-refractivity contribution is 7.18. The highest BCUT2D eigenvalue weighted by Crippen LogP contribution is 2.35. The first-order valence-corrected chi connectivity index (χ1v) is 12.1. The molecular formula is C24H23ClN4O3S. The normalized spacial score (nSPS) is 23.3. The number of nitrogens with zero attached hydrogens (tertiary/aromatic N) is 3. The maximum absolute atomic E-state index is 13.2. The number of amides is 4. The van der Waals surface area contributed by atoms with E-state index in [0.29, 0.717) is 23.7 Å². The van der Waals surface area contributed by atoms with Crippen molar-refractivity contribution in [1.29, 1.82) is 0 Å². The maximum Gasteiger partial charge on any atom is 0.325 e. The van der Waals surface area contributed by atoms with Gasteiger partial charge in [-0.1, -0.05) is 41.9 Å². The maximum atomic E-state index is 13.2. The van der Waals surface area contributed by atoms with Crippen molar-refractivity contribution in [3.63, 3.8) is 0 Å². The van der Waals surface area contributed by atoms with Crippen molar-refractivity contribution in [2.45, 2.75) is 31.2 Å². The van der Waals surface area contributed by atoms with Crippen LogP contribution in [0.25, 0.3) is 10.2 Å². The highest BCUT2D eigenvalue weighted by atomic mass is 35.5. The molecule has 5 rings (SSSR count). The molecule has 2 aliphatic rings. The quantitative estimate of drug-likeness (QED) is 0.567. The van der Waals surface area contributed by atoms with E-state index in [1.807, 2.05) is 18.2 Å². The van der Waals surface area contributed by atoms with Crippen LogP contribution in [-0.2, 0) is 15.1 Å². The summed E-state index contributed by atoms with van der Waals surface area (Å²) in [6, 6.07) is 14.3. The molecule has 3 heterocycles. The number of hydrogen-bond donors (Lipinski definition) is 1. The average molecular weight is 483 g/mol. The molecule has 7 nitrogen and oxygen atoms in total. The fourth-order valence-electron chi connectivity index (χ4n) is 4.59. The predicted octanol–water partition coefficient (Wildman–Crippen LogP) is 4.12. The summed E-state index contributed by atoms with van der Waals surface area (Å²) in [6.45, 7) is 2.45. The summed E-state index contributed by atoms with van der Waals surface area (Å²) in [5, 5.41) is 4.13. The molecule has 0 bridgehead atoms. The van der Waals surface area contributed by atoms with Crippen molar-refractivity contribution in [1.82, 2.24) is 20.1 Å². The largest absolute Gasteiger partial charge is 0.340 e. The van der Waals surface area contributed by atoms with Gasteiger partial charge in [-0.2, -0.15) is 0 Å². The third kappa shape index (κ3) is 3.87. The summed E-state index contributed by atoms with van der Waals surface area (Å²) >= 11 is 7.94. The van der Waals surface area contributed by atoms with Gasteiger partial charge in [0.25, 0.3) is 5.91 Å². The monoisotopic (exact) mass is 482 g/mol. The lowest BCUT2D eigenvalue weighted by atomic mass is 9.92. The van der Waals surface area contributed by atoms with Gasteiger partial charge in [-0.25, -0.2) is 9.78 Å². The minimum Gasteiger partial charge on any atom is -0.340 e. The van der Waals surface area contributed by atoms with Crippen molar-refractivity contribution in [3.05, 3.63) is 64.1 Å². The number of fused-ring (bicyclic) bond motifs is 1. The number of halogens is 1. The predicted molar refractivity (Wildman–Crippen MR) is 127 cm³/mol. The van der Waals surface area contributed by atoms with E-state index >= 15 is 0 Å². The molecule has 0 radical (unpaired) electrons. The van der Waals surface area contributed by atoms with Crippen molar-refractivity contribution >= 4 is 51.0 Å². The molecule has 170 valence electrons. The Labute approximate surface area is 200 Å². The fourth-order valence-corrected chi connectivity index (χ4v) is 6.01. The van der Waals surface area contributed by atoms with Gasteiger partial charge in [0, 0.05) is 29.6 Å². The topological polar surface area (TPSA) is 82.6 Å². The summed E-state index contributed by atoms with van der Waals surface area (Å²) in [6.07, 6.45) is 1.81. The summed E-state index contributed by atoms with van der Waals surface area (Å²) in [7, 11) is 0. The number of para-hydroxylation sites is 1. The molecule has 0 unspecified atom stereocenters. The first-order chi connectivity index (χ1) is 15.9. The molecule has 2 atom stereocenters. The molecule has 1 N–H and O–H groups in total. The van der Waals surface area contributed by atoms with Crippen LogP contribution in [0.15, 0.2) is 48.5 Å². The zero-order valence-corrected chi connectivity index (χ0v) is 19.7. The molecule has 0 spiro atoms. The van der Waals surface area contributed by atoms with Gasteiger partial charge >= 0.3 is 6.03 Å². The molecule has 2 aliphatic heterocycles. The molecule has 0 saturated carbocycles. The minimum absolute atomic E-state index is 0.150. The highest BCUT2D eigenvalue weighted by Gasteiger charge is 2.50. The Balaban J connectivity index is 1.30. The average Bonchev–Trinajstić information content (AvgIpc) is 3.34. The summed E-state index contributed by atoms with van der Waals surface area (Å²) in [5.41, 5.74) is 0.175. The van der Waals surface area contributed by atoms with Crippen LogP contribution in [0.5, 0.6) is 0 Å². The van der Waals surface area contributed by atoms with E-state index in [1.54, 1.807) is 47.4 Å². The second-order valence-electron chi connectivity index (χ2n) is 8.63. The Kier molecular flexibility index (Phi) is 5.58. The van der Waals surface area contributed by atoms with E-state index in [0.717, 1.165) is 33.0 Å². The summed E-state index contributed by atoms with van der Waals surface area (Å²) in [4.78, 5) is 46.5. The molecule has 2 aromatic carbocycles. The number of nitrogens with one attached hydrogen (secondary N) is 1. The number of piperidine rings is 1. The van der Waals surface area contributed by atoms with Crippen LogP contribution in [0, 0.1) is 0 Å². The standard InChI is InChI=1S/C24H23ClN4O3S/c1-24(16-8-2-3-9-17(16)25)22(31)29(23(32)27-24)14-20(30)28-12-6-7-15(13-28)21-26-18-10-4-5-11-19(18)33-21/h2-5,8-11,15H,6-7,12-14H2,1H3,(H,27,32)/t15-,24-/m0/s1. The molecule has 3 aromatic rings. The van der Waals surface area contributed by atoms with Crippen LogP contribution in [-0.4, -0.2) is 52.3 Å². The zero-order chi connectivity index (χ0) is 23.2. The van der Waals surface area contributed by atoms with E-state index in [1.165, 1.54) is 0 Å². The third-order valence-electron chi connectivity index (χ3n) is 6.41. The van der Waals surface area contributed by atoms with E-state index < -0.39 is 17.5 Å². The molecule has 2 saturated heterocycles. The smallest absolute Gasteiger partial charge is 0.325 e. The molecule has 4 amide bonds. The van der Waals surface area contributed by atoms with Crippen LogP contribution < -0.4 is 5.32 Å². The van der Waals surface area contributed by atoms with E-state index in [-0.39, 0.29) is 18.4 Å². The number of thiazole rings is 1. The van der Waals surface area contributed by atoms with Gasteiger partial charge in [-0.3, -0.25) is 14.5 Å². The van der Waals surface area contributed by atoms with Crippen LogP contribution >= 0.6 is 22.9 Å². The number of benzene rings is 2.